The molecule has 1 rings (SSSR count). The van der Waals surface area contributed by atoms with Crippen LogP contribution < -0.4 is 10.5 Å². The smallest absolute Gasteiger partial charge is 0.238 e. The number of hydrogen-bond donors (Lipinski definition) is 3. The van der Waals surface area contributed by atoms with Crippen LogP contribution >= 0.6 is 12.6 Å². The van der Waals surface area contributed by atoms with E-state index in [2.05, 4.69) is 17.9 Å². The van der Waals surface area contributed by atoms with E-state index in [1.807, 2.05) is 0 Å². The number of hydrogen-bond acceptors (Lipinski definition) is 4. The monoisotopic (exact) mass is 274 g/mol. The minimum absolute atomic E-state index is 0.0193. The second kappa shape index (κ2) is 6.04. The highest BCUT2D eigenvalue weighted by Gasteiger charge is 2.07. The van der Waals surface area contributed by atoms with Crippen LogP contribution in [0.25, 0.3) is 0 Å². The molecule has 0 heterocycles. The third-order valence-electron chi connectivity index (χ3n) is 2.03. The van der Waals surface area contributed by atoms with Crippen molar-refractivity contribution in [2.45, 2.75) is 17.7 Å². The van der Waals surface area contributed by atoms with E-state index < -0.39 is 10.0 Å². The third kappa shape index (κ3) is 4.76. The topological polar surface area (TPSA) is 89.3 Å². The number of sulfonamides is 1. The zero-order valence-electron chi connectivity index (χ0n) is 9.09. The molecule has 0 saturated heterocycles. The predicted molar refractivity (Wildman–Crippen MR) is 69.5 cm³/mol. The van der Waals surface area contributed by atoms with Crippen LogP contribution in [0.4, 0.5) is 5.69 Å². The number of nitrogens with two attached hydrogens (primary N) is 1. The van der Waals surface area contributed by atoms with Crippen molar-refractivity contribution < 1.29 is 13.2 Å². The molecule has 1 amide bonds. The summed E-state index contributed by atoms with van der Waals surface area (Å²) in [5.41, 5.74) is 0.543. The number of rotatable bonds is 5. The van der Waals surface area contributed by atoms with Gasteiger partial charge in [0, 0.05) is 12.1 Å². The normalized spacial score (nSPS) is 11.2. The largest absolute Gasteiger partial charge is 0.326 e. The molecule has 0 bridgehead atoms. The lowest BCUT2D eigenvalue weighted by atomic mass is 10.3. The third-order valence-corrected chi connectivity index (χ3v) is 3.27. The van der Waals surface area contributed by atoms with Gasteiger partial charge in [0.15, 0.2) is 0 Å². The molecule has 0 spiro atoms. The molecular formula is C10H14N2O3S2. The van der Waals surface area contributed by atoms with E-state index in [1.165, 1.54) is 24.3 Å². The fourth-order valence-corrected chi connectivity index (χ4v) is 1.86. The molecule has 94 valence electrons. The van der Waals surface area contributed by atoms with Crippen LogP contribution in [0, 0.1) is 0 Å². The number of primary sulfonamides is 1. The van der Waals surface area contributed by atoms with E-state index in [1.54, 1.807) is 0 Å². The van der Waals surface area contributed by atoms with Crippen molar-refractivity contribution >= 4 is 34.2 Å². The molecule has 0 aliphatic rings. The number of nitrogens with one attached hydrogen (secondary N) is 1. The highest BCUT2D eigenvalue weighted by molar-refractivity contribution is 7.89. The molecule has 0 aromatic heterocycles. The standard InChI is InChI=1S/C10H14N2O3S2/c11-17(14,15)9-5-3-8(4-6-9)12-10(13)2-1-7-16/h3-6,16H,1-2,7H2,(H,12,13)(H2,11,14,15). The van der Waals surface area contributed by atoms with Gasteiger partial charge in [-0.1, -0.05) is 0 Å². The zero-order chi connectivity index (χ0) is 12.9. The van der Waals surface area contributed by atoms with Gasteiger partial charge in [-0.3, -0.25) is 4.79 Å². The van der Waals surface area contributed by atoms with Crippen molar-refractivity contribution in [1.82, 2.24) is 0 Å². The molecule has 0 atom stereocenters. The van der Waals surface area contributed by atoms with E-state index >= 15 is 0 Å². The van der Waals surface area contributed by atoms with Crippen LogP contribution in [0.2, 0.25) is 0 Å². The Morgan fingerprint density at radius 2 is 1.88 bits per heavy atom. The average molecular weight is 274 g/mol. The summed E-state index contributed by atoms with van der Waals surface area (Å²) in [6.45, 7) is 0. The lowest BCUT2D eigenvalue weighted by Crippen LogP contribution is -2.13. The summed E-state index contributed by atoms with van der Waals surface area (Å²) >= 11 is 4.01. The van der Waals surface area contributed by atoms with Crippen molar-refractivity contribution in [1.29, 1.82) is 0 Å². The number of amides is 1. The van der Waals surface area contributed by atoms with Crippen molar-refractivity contribution in [3.05, 3.63) is 24.3 Å². The van der Waals surface area contributed by atoms with E-state index in [0.29, 0.717) is 24.3 Å². The number of anilines is 1. The molecule has 1 aromatic carbocycles. The maximum absolute atomic E-state index is 11.4. The number of thiol groups is 1. The Bertz CT molecular complexity index is 483. The first-order chi connectivity index (χ1) is 7.93. The minimum Gasteiger partial charge on any atom is -0.326 e. The average Bonchev–Trinajstić information content (AvgIpc) is 2.26. The van der Waals surface area contributed by atoms with Gasteiger partial charge in [-0.05, 0) is 36.4 Å². The first-order valence-electron chi connectivity index (χ1n) is 4.97. The van der Waals surface area contributed by atoms with Crippen LogP contribution in [-0.4, -0.2) is 20.1 Å². The van der Waals surface area contributed by atoms with Gasteiger partial charge in [-0.25, -0.2) is 13.6 Å². The molecule has 0 radical (unpaired) electrons. The van der Waals surface area contributed by atoms with Gasteiger partial charge in [0.1, 0.15) is 0 Å². The molecule has 7 heteroatoms. The summed E-state index contributed by atoms with van der Waals surface area (Å²) in [6, 6.07) is 5.70. The SMILES string of the molecule is NS(=O)(=O)c1ccc(NC(=O)CCCS)cc1. The number of benzene rings is 1. The lowest BCUT2D eigenvalue weighted by molar-refractivity contribution is -0.116. The van der Waals surface area contributed by atoms with Crippen LogP contribution in [0.3, 0.4) is 0 Å². The molecule has 0 unspecified atom stereocenters. The zero-order valence-corrected chi connectivity index (χ0v) is 10.8. The summed E-state index contributed by atoms with van der Waals surface area (Å²) in [5.74, 6) is 0.528. The molecule has 0 aliphatic heterocycles. The predicted octanol–water partition coefficient (Wildman–Crippen LogP) is 0.983. The summed E-state index contributed by atoms with van der Waals surface area (Å²) in [7, 11) is -3.69. The maximum atomic E-state index is 11.4. The van der Waals surface area contributed by atoms with Gasteiger partial charge in [-0.2, -0.15) is 12.6 Å². The van der Waals surface area contributed by atoms with Crippen LogP contribution in [0.1, 0.15) is 12.8 Å². The Morgan fingerprint density at radius 1 is 1.29 bits per heavy atom. The first-order valence-corrected chi connectivity index (χ1v) is 7.15. The highest BCUT2D eigenvalue weighted by Crippen LogP contribution is 2.13. The fourth-order valence-electron chi connectivity index (χ4n) is 1.19. The van der Waals surface area contributed by atoms with E-state index in [9.17, 15) is 13.2 Å². The summed E-state index contributed by atoms with van der Waals surface area (Å²) in [6.07, 6.45) is 1.09. The Hall–Kier alpha value is -1.05. The molecule has 3 N–H and O–H groups in total. The van der Waals surface area contributed by atoms with E-state index in [-0.39, 0.29) is 10.8 Å². The van der Waals surface area contributed by atoms with Gasteiger partial charge in [-0.15, -0.1) is 0 Å². The van der Waals surface area contributed by atoms with Crippen LogP contribution in [0.5, 0.6) is 0 Å². The summed E-state index contributed by atoms with van der Waals surface area (Å²) in [4.78, 5) is 11.4. The van der Waals surface area contributed by atoms with E-state index in [0.717, 1.165) is 0 Å². The Morgan fingerprint density at radius 3 is 2.35 bits per heavy atom. The van der Waals surface area contributed by atoms with Gasteiger partial charge < -0.3 is 5.32 Å². The Balaban J connectivity index is 2.66. The van der Waals surface area contributed by atoms with Gasteiger partial charge in [0.05, 0.1) is 4.90 Å². The number of carbonyl (C=O) groups is 1. The molecule has 0 aliphatic carbocycles. The van der Waals surface area contributed by atoms with Gasteiger partial charge in [0.2, 0.25) is 15.9 Å². The lowest BCUT2D eigenvalue weighted by Gasteiger charge is -2.05. The van der Waals surface area contributed by atoms with Crippen molar-refractivity contribution in [3.63, 3.8) is 0 Å². The molecule has 17 heavy (non-hydrogen) atoms. The molecule has 0 saturated carbocycles. The molecule has 0 fully saturated rings. The van der Waals surface area contributed by atoms with Gasteiger partial charge >= 0.3 is 0 Å². The second-order valence-corrected chi connectivity index (χ2v) is 5.45. The van der Waals surface area contributed by atoms with Crippen LogP contribution in [0.15, 0.2) is 29.2 Å². The van der Waals surface area contributed by atoms with Crippen LogP contribution in [-0.2, 0) is 14.8 Å². The molecular weight excluding hydrogens is 260 g/mol. The number of carbonyl (C=O) groups excluding carboxylic acids is 1. The fraction of sp³-hybridized carbons (Fsp3) is 0.300. The van der Waals surface area contributed by atoms with Gasteiger partial charge in [0.25, 0.3) is 0 Å². The summed E-state index contributed by atoms with van der Waals surface area (Å²) < 4.78 is 22.0. The molecule has 5 nitrogen and oxygen atoms in total. The maximum Gasteiger partial charge on any atom is 0.238 e. The quantitative estimate of drug-likeness (QED) is 0.699. The second-order valence-electron chi connectivity index (χ2n) is 3.44. The minimum atomic E-state index is -3.69. The molecule has 1 aromatic rings. The first kappa shape index (κ1) is 14.0. The highest BCUT2D eigenvalue weighted by atomic mass is 32.2. The summed E-state index contributed by atoms with van der Waals surface area (Å²) in [5, 5.41) is 7.60. The van der Waals surface area contributed by atoms with Crippen molar-refractivity contribution in [2.75, 3.05) is 11.1 Å². The van der Waals surface area contributed by atoms with Crippen molar-refractivity contribution in [2.24, 2.45) is 5.14 Å². The Labute approximate surface area is 106 Å². The Kier molecular flexibility index (Phi) is 4.98. The van der Waals surface area contributed by atoms with E-state index in [4.69, 9.17) is 5.14 Å². The van der Waals surface area contributed by atoms with Crippen molar-refractivity contribution in [3.8, 4) is 0 Å².